The first-order valence-electron chi connectivity index (χ1n) is 9.29. The molecule has 6 heteroatoms. The zero-order chi connectivity index (χ0) is 18.8. The molecule has 0 saturated carbocycles. The molecule has 1 aliphatic rings. The molecule has 0 spiro atoms. The van der Waals surface area contributed by atoms with Crippen LogP contribution in [0.15, 0.2) is 41.9 Å². The second-order valence-corrected chi connectivity index (χ2v) is 8.11. The van der Waals surface area contributed by atoms with E-state index < -0.39 is 0 Å². The Hall–Kier alpha value is -2.37. The smallest absolute Gasteiger partial charge is 0.194 e. The second-order valence-electron chi connectivity index (χ2n) is 8.11. The number of aliphatic imine (C=N–C) groups is 1. The monoisotopic (exact) mass is 354 g/mol. The van der Waals surface area contributed by atoms with E-state index in [1.807, 2.05) is 4.68 Å². The molecule has 1 aliphatic heterocycles. The number of rotatable bonds is 5. The Morgan fingerprint density at radius 3 is 2.62 bits per heavy atom. The van der Waals surface area contributed by atoms with Crippen molar-refractivity contribution in [2.24, 2.45) is 10.4 Å². The van der Waals surface area contributed by atoms with Gasteiger partial charge in [-0.15, -0.1) is 0 Å². The first-order chi connectivity index (χ1) is 12.3. The van der Waals surface area contributed by atoms with Gasteiger partial charge in [-0.3, -0.25) is 0 Å². The molecule has 0 radical (unpaired) electrons. The maximum atomic E-state index is 4.90. The van der Waals surface area contributed by atoms with Crippen LogP contribution >= 0.6 is 0 Å². The van der Waals surface area contributed by atoms with Crippen molar-refractivity contribution in [2.45, 2.75) is 53.2 Å². The Morgan fingerprint density at radius 2 is 2.00 bits per heavy atom. The highest BCUT2D eigenvalue weighted by Gasteiger charge is 2.53. The minimum absolute atomic E-state index is 0.100. The van der Waals surface area contributed by atoms with E-state index in [1.165, 1.54) is 11.1 Å². The van der Waals surface area contributed by atoms with Crippen LogP contribution in [0.4, 0.5) is 0 Å². The second kappa shape index (κ2) is 7.09. The Balaban J connectivity index is 1.72. The van der Waals surface area contributed by atoms with Gasteiger partial charge in [0.05, 0.1) is 13.1 Å². The quantitative estimate of drug-likeness (QED) is 0.662. The number of aromatic nitrogens is 3. The van der Waals surface area contributed by atoms with Gasteiger partial charge in [-0.25, -0.2) is 14.7 Å². The Bertz CT molecular complexity index is 760. The summed E-state index contributed by atoms with van der Waals surface area (Å²) in [6.45, 7) is 14.6. The number of nitrogens with zero attached hydrogens (tertiary/aromatic N) is 5. The Labute approximate surface area is 156 Å². The molecule has 1 aromatic heterocycles. The van der Waals surface area contributed by atoms with Crippen molar-refractivity contribution in [3.63, 3.8) is 0 Å². The van der Waals surface area contributed by atoms with Crippen molar-refractivity contribution < 1.29 is 0 Å². The van der Waals surface area contributed by atoms with E-state index in [2.05, 4.69) is 79.2 Å². The van der Waals surface area contributed by atoms with Crippen LogP contribution in [0.5, 0.6) is 0 Å². The van der Waals surface area contributed by atoms with Crippen molar-refractivity contribution in [1.29, 1.82) is 0 Å². The number of benzene rings is 1. The molecule has 0 bridgehead atoms. The molecule has 6 nitrogen and oxygen atoms in total. The third-order valence-electron chi connectivity index (χ3n) is 5.69. The van der Waals surface area contributed by atoms with Crippen LogP contribution in [0, 0.1) is 5.41 Å². The normalized spacial score (nSPS) is 18.5. The van der Waals surface area contributed by atoms with Gasteiger partial charge in [0.25, 0.3) is 0 Å². The molecule has 2 aromatic rings. The van der Waals surface area contributed by atoms with E-state index in [1.54, 1.807) is 12.7 Å². The lowest BCUT2D eigenvalue weighted by Crippen LogP contribution is -2.72. The van der Waals surface area contributed by atoms with Gasteiger partial charge in [-0.1, -0.05) is 38.1 Å². The molecule has 1 saturated heterocycles. The summed E-state index contributed by atoms with van der Waals surface area (Å²) in [5.41, 5.74) is 2.80. The maximum absolute atomic E-state index is 4.90. The van der Waals surface area contributed by atoms with Crippen LogP contribution in [0.1, 0.15) is 45.7 Å². The van der Waals surface area contributed by atoms with Crippen LogP contribution in [0.3, 0.4) is 0 Å². The minimum atomic E-state index is 0.100. The summed E-state index contributed by atoms with van der Waals surface area (Å²) < 4.78 is 1.83. The summed E-state index contributed by atoms with van der Waals surface area (Å²) in [4.78, 5) is 11.3. The summed E-state index contributed by atoms with van der Waals surface area (Å²) in [6, 6.07) is 8.52. The third-order valence-corrected chi connectivity index (χ3v) is 5.69. The largest absolute Gasteiger partial charge is 0.356 e. The number of hydrogen-bond donors (Lipinski definition) is 1. The van der Waals surface area contributed by atoms with Gasteiger partial charge < -0.3 is 10.2 Å². The SMILES string of the molecule is CCNC(=NCc1cccc(Cn2cncn2)c1)N1CC(C)(C)C1(C)C. The first kappa shape index (κ1) is 18.4. The lowest BCUT2D eigenvalue weighted by molar-refractivity contribution is -0.0667. The minimum Gasteiger partial charge on any atom is -0.356 e. The molecule has 2 heterocycles. The van der Waals surface area contributed by atoms with E-state index in [-0.39, 0.29) is 5.54 Å². The van der Waals surface area contributed by atoms with Crippen molar-refractivity contribution in [3.05, 3.63) is 48.0 Å². The van der Waals surface area contributed by atoms with E-state index in [0.29, 0.717) is 12.0 Å². The summed E-state index contributed by atoms with van der Waals surface area (Å²) in [7, 11) is 0. The van der Waals surface area contributed by atoms with Gasteiger partial charge in [0.15, 0.2) is 5.96 Å². The van der Waals surface area contributed by atoms with Gasteiger partial charge in [0.1, 0.15) is 12.7 Å². The van der Waals surface area contributed by atoms with Gasteiger partial charge >= 0.3 is 0 Å². The summed E-state index contributed by atoms with van der Waals surface area (Å²) >= 11 is 0. The highest BCUT2D eigenvalue weighted by Crippen LogP contribution is 2.46. The predicted molar refractivity (Wildman–Crippen MR) is 105 cm³/mol. The Morgan fingerprint density at radius 1 is 1.23 bits per heavy atom. The van der Waals surface area contributed by atoms with Gasteiger partial charge in [-0.2, -0.15) is 5.10 Å². The van der Waals surface area contributed by atoms with Crippen LogP contribution < -0.4 is 5.32 Å². The molecule has 3 rings (SSSR count). The average Bonchev–Trinajstić information content (AvgIpc) is 3.10. The van der Waals surface area contributed by atoms with Gasteiger partial charge in [-0.05, 0) is 31.9 Å². The summed E-state index contributed by atoms with van der Waals surface area (Å²) in [5.74, 6) is 0.999. The van der Waals surface area contributed by atoms with Crippen molar-refractivity contribution in [3.8, 4) is 0 Å². The number of guanidine groups is 1. The van der Waals surface area contributed by atoms with Crippen molar-refractivity contribution >= 4 is 5.96 Å². The van der Waals surface area contributed by atoms with Crippen LogP contribution in [0.2, 0.25) is 0 Å². The number of nitrogens with one attached hydrogen (secondary N) is 1. The van der Waals surface area contributed by atoms with E-state index in [4.69, 9.17) is 4.99 Å². The molecule has 26 heavy (non-hydrogen) atoms. The molecule has 0 unspecified atom stereocenters. The summed E-state index contributed by atoms with van der Waals surface area (Å²) in [6.07, 6.45) is 3.30. The average molecular weight is 355 g/mol. The molecule has 140 valence electrons. The lowest BCUT2D eigenvalue weighted by Gasteiger charge is -2.62. The van der Waals surface area contributed by atoms with E-state index >= 15 is 0 Å². The molecule has 0 amide bonds. The standard InChI is InChI=1S/C20H30N6/c1-6-22-18(26-13-19(2,3)20(26,4)5)23-11-16-8-7-9-17(10-16)12-25-15-21-14-24-25/h7-10,14-15H,6,11-13H2,1-5H3,(H,22,23). The van der Waals surface area contributed by atoms with Crippen LogP contribution in [0.25, 0.3) is 0 Å². The zero-order valence-corrected chi connectivity index (χ0v) is 16.5. The lowest BCUT2D eigenvalue weighted by atomic mass is 9.65. The molecule has 0 aliphatic carbocycles. The van der Waals surface area contributed by atoms with Crippen molar-refractivity contribution in [2.75, 3.05) is 13.1 Å². The van der Waals surface area contributed by atoms with E-state index in [9.17, 15) is 0 Å². The molecular formula is C20H30N6. The fourth-order valence-electron chi connectivity index (χ4n) is 3.29. The molecular weight excluding hydrogens is 324 g/mol. The third kappa shape index (κ3) is 3.59. The molecule has 1 fully saturated rings. The predicted octanol–water partition coefficient (Wildman–Crippen LogP) is 2.91. The molecule has 0 atom stereocenters. The molecule has 1 N–H and O–H groups in total. The Kier molecular flexibility index (Phi) is 5.03. The summed E-state index contributed by atoms with van der Waals surface area (Å²) in [5, 5.41) is 7.63. The van der Waals surface area contributed by atoms with Gasteiger partial charge in [0.2, 0.25) is 0 Å². The highest BCUT2D eigenvalue weighted by molar-refractivity contribution is 5.82. The molecule has 1 aromatic carbocycles. The van der Waals surface area contributed by atoms with Crippen LogP contribution in [-0.4, -0.2) is 44.3 Å². The maximum Gasteiger partial charge on any atom is 0.194 e. The van der Waals surface area contributed by atoms with Gasteiger partial charge in [0, 0.05) is 24.0 Å². The fraction of sp³-hybridized carbons (Fsp3) is 0.550. The van der Waals surface area contributed by atoms with Crippen molar-refractivity contribution in [1.82, 2.24) is 25.0 Å². The topological polar surface area (TPSA) is 58.3 Å². The fourth-order valence-corrected chi connectivity index (χ4v) is 3.29. The van der Waals surface area contributed by atoms with Crippen LogP contribution in [-0.2, 0) is 13.1 Å². The zero-order valence-electron chi connectivity index (χ0n) is 16.5. The highest BCUT2D eigenvalue weighted by atomic mass is 15.4. The number of likely N-dealkylation sites (tertiary alicyclic amines) is 1. The van der Waals surface area contributed by atoms with E-state index in [0.717, 1.165) is 25.6 Å². The number of hydrogen-bond acceptors (Lipinski definition) is 3. The first-order valence-corrected chi connectivity index (χ1v) is 9.29.